The normalized spacial score (nSPS) is 14.2. The molecule has 0 atom stereocenters. The van der Waals surface area contributed by atoms with E-state index < -0.39 is 36.7 Å². The van der Waals surface area contributed by atoms with Gasteiger partial charge in [-0.3, -0.25) is 0 Å². The lowest BCUT2D eigenvalue weighted by molar-refractivity contribution is -0.417. The Labute approximate surface area is 136 Å². The van der Waals surface area contributed by atoms with Crippen LogP contribution in [0, 0.1) is 0 Å². The van der Waals surface area contributed by atoms with Crippen molar-refractivity contribution in [3.63, 3.8) is 0 Å². The number of halogens is 8. The maximum absolute atomic E-state index is 13.3. The van der Waals surface area contributed by atoms with Gasteiger partial charge < -0.3 is 5.11 Å². The van der Waals surface area contributed by atoms with Crippen molar-refractivity contribution >= 4 is 0 Å². The number of aliphatic hydroxyl groups is 1. The van der Waals surface area contributed by atoms with Gasteiger partial charge in [-0.25, -0.2) is 0 Å². The van der Waals surface area contributed by atoms with E-state index in [9.17, 15) is 35.1 Å². The maximum atomic E-state index is 13.3. The average molecular weight is 372 g/mol. The summed E-state index contributed by atoms with van der Waals surface area (Å²) in [6.07, 6.45) is -2.06. The van der Waals surface area contributed by atoms with Crippen LogP contribution >= 0.6 is 0 Å². The standard InChI is InChI=1S/C15H24F8O/c1-2-3-4-5-6-7-8-9-10-11-12(16,17)13(18,19)14(20,21)15(22,23)24/h24H,2-11H2,1H3. The quantitative estimate of drug-likeness (QED) is 0.293. The number of rotatable bonds is 13. The van der Waals surface area contributed by atoms with Gasteiger partial charge in [-0.05, 0) is 6.42 Å². The molecule has 0 radical (unpaired) electrons. The van der Waals surface area contributed by atoms with Gasteiger partial charge in [-0.1, -0.05) is 58.3 Å². The molecule has 0 aliphatic carbocycles. The van der Waals surface area contributed by atoms with Crippen LogP contribution in [0.2, 0.25) is 0 Å². The van der Waals surface area contributed by atoms with Gasteiger partial charge in [0.1, 0.15) is 0 Å². The highest BCUT2D eigenvalue weighted by atomic mass is 19.4. The highest BCUT2D eigenvalue weighted by molar-refractivity contribution is 4.99. The summed E-state index contributed by atoms with van der Waals surface area (Å²) in [5.41, 5.74) is 0. The van der Waals surface area contributed by atoms with E-state index in [1.165, 1.54) is 0 Å². The van der Waals surface area contributed by atoms with Crippen LogP contribution in [0.25, 0.3) is 0 Å². The third kappa shape index (κ3) is 6.04. The highest BCUT2D eigenvalue weighted by Gasteiger charge is 2.80. The summed E-state index contributed by atoms with van der Waals surface area (Å²) >= 11 is 0. The van der Waals surface area contributed by atoms with Gasteiger partial charge in [0.05, 0.1) is 0 Å². The summed E-state index contributed by atoms with van der Waals surface area (Å²) in [7, 11) is 0. The van der Waals surface area contributed by atoms with E-state index in [1.54, 1.807) is 0 Å². The van der Waals surface area contributed by atoms with Gasteiger partial charge in [0.15, 0.2) is 0 Å². The summed E-state index contributed by atoms with van der Waals surface area (Å²) in [6.45, 7) is 2.05. The van der Waals surface area contributed by atoms with Crippen molar-refractivity contribution in [2.24, 2.45) is 0 Å². The predicted octanol–water partition coefficient (Wildman–Crippen LogP) is 6.40. The van der Waals surface area contributed by atoms with E-state index in [2.05, 4.69) is 0 Å². The van der Waals surface area contributed by atoms with Crippen LogP contribution in [-0.2, 0) is 0 Å². The monoisotopic (exact) mass is 372 g/mol. The summed E-state index contributed by atoms with van der Waals surface area (Å²) in [4.78, 5) is 0. The molecule has 0 fully saturated rings. The molecule has 0 aliphatic heterocycles. The van der Waals surface area contributed by atoms with E-state index in [1.807, 2.05) is 6.92 Å². The zero-order valence-electron chi connectivity index (χ0n) is 13.5. The first-order chi connectivity index (χ1) is 10.8. The molecule has 0 amide bonds. The van der Waals surface area contributed by atoms with E-state index in [0.717, 1.165) is 32.1 Å². The summed E-state index contributed by atoms with van der Waals surface area (Å²) in [5.74, 6) is -18.2. The first-order valence-corrected chi connectivity index (χ1v) is 8.05. The van der Waals surface area contributed by atoms with E-state index in [4.69, 9.17) is 5.11 Å². The summed E-state index contributed by atoms with van der Waals surface area (Å²) in [5, 5.41) is 7.78. The molecule has 0 unspecified atom stereocenters. The van der Waals surface area contributed by atoms with Gasteiger partial charge in [0, 0.05) is 6.42 Å². The molecular formula is C15H24F8O. The lowest BCUT2D eigenvalue weighted by Gasteiger charge is -2.34. The van der Waals surface area contributed by atoms with E-state index in [0.29, 0.717) is 12.8 Å². The van der Waals surface area contributed by atoms with Gasteiger partial charge >= 0.3 is 23.9 Å². The molecule has 0 heterocycles. The Morgan fingerprint density at radius 2 is 0.958 bits per heavy atom. The molecule has 0 spiro atoms. The molecule has 0 rings (SSSR count). The molecule has 0 saturated heterocycles. The molecule has 0 saturated carbocycles. The van der Waals surface area contributed by atoms with Crippen LogP contribution in [-0.4, -0.2) is 29.0 Å². The molecule has 1 N–H and O–H groups in total. The molecule has 9 heteroatoms. The molecule has 0 aliphatic rings. The third-order valence-electron chi connectivity index (χ3n) is 3.83. The first-order valence-electron chi connectivity index (χ1n) is 8.05. The lowest BCUT2D eigenvalue weighted by Crippen LogP contribution is -2.62. The second-order valence-corrected chi connectivity index (χ2v) is 5.97. The molecular weight excluding hydrogens is 348 g/mol. The average Bonchev–Trinajstić information content (AvgIpc) is 2.43. The van der Waals surface area contributed by atoms with Crippen molar-refractivity contribution in [2.75, 3.05) is 0 Å². The summed E-state index contributed by atoms with van der Waals surface area (Å²) in [6, 6.07) is 0. The van der Waals surface area contributed by atoms with Crippen molar-refractivity contribution in [3.8, 4) is 0 Å². The number of unbranched alkanes of at least 4 members (excludes halogenated alkanes) is 8. The molecule has 0 aromatic heterocycles. The lowest BCUT2D eigenvalue weighted by atomic mass is 9.97. The minimum absolute atomic E-state index is 0.112. The Hall–Kier alpha value is -0.600. The van der Waals surface area contributed by atoms with Gasteiger partial charge in [-0.15, -0.1) is 0 Å². The Morgan fingerprint density at radius 1 is 0.583 bits per heavy atom. The fraction of sp³-hybridized carbons (Fsp3) is 1.00. The largest absolute Gasteiger partial charge is 0.423 e. The first kappa shape index (κ1) is 23.4. The van der Waals surface area contributed by atoms with Crippen molar-refractivity contribution in [1.29, 1.82) is 0 Å². The fourth-order valence-electron chi connectivity index (χ4n) is 2.23. The van der Waals surface area contributed by atoms with Crippen LogP contribution < -0.4 is 0 Å². The van der Waals surface area contributed by atoms with Crippen molar-refractivity contribution in [3.05, 3.63) is 0 Å². The van der Waals surface area contributed by atoms with E-state index in [-0.39, 0.29) is 6.42 Å². The molecule has 146 valence electrons. The topological polar surface area (TPSA) is 20.2 Å². The molecule has 1 nitrogen and oxygen atoms in total. The second-order valence-electron chi connectivity index (χ2n) is 5.97. The maximum Gasteiger partial charge on any atom is 0.423 e. The van der Waals surface area contributed by atoms with Crippen molar-refractivity contribution in [1.82, 2.24) is 0 Å². The smallest absolute Gasteiger partial charge is 0.331 e. The van der Waals surface area contributed by atoms with Gasteiger partial charge in [0.2, 0.25) is 0 Å². The van der Waals surface area contributed by atoms with Crippen LogP contribution in [0.3, 0.4) is 0 Å². The van der Waals surface area contributed by atoms with Crippen LogP contribution in [0.1, 0.15) is 71.1 Å². The van der Waals surface area contributed by atoms with Crippen molar-refractivity contribution in [2.45, 2.75) is 95.0 Å². The van der Waals surface area contributed by atoms with E-state index >= 15 is 0 Å². The Kier molecular flexibility index (Phi) is 8.97. The van der Waals surface area contributed by atoms with Crippen LogP contribution in [0.15, 0.2) is 0 Å². The number of hydrogen-bond acceptors (Lipinski definition) is 1. The third-order valence-corrected chi connectivity index (χ3v) is 3.83. The van der Waals surface area contributed by atoms with Crippen molar-refractivity contribution < 1.29 is 40.2 Å². The fourth-order valence-corrected chi connectivity index (χ4v) is 2.23. The predicted molar refractivity (Wildman–Crippen MR) is 73.9 cm³/mol. The number of hydrogen-bond donors (Lipinski definition) is 1. The molecule has 0 bridgehead atoms. The second kappa shape index (κ2) is 9.20. The molecule has 24 heavy (non-hydrogen) atoms. The van der Waals surface area contributed by atoms with Gasteiger partial charge in [0.25, 0.3) is 0 Å². The molecule has 0 aromatic rings. The molecule has 0 aromatic carbocycles. The number of alkyl halides is 8. The Balaban J connectivity index is 4.30. The zero-order valence-corrected chi connectivity index (χ0v) is 13.5. The minimum Gasteiger partial charge on any atom is -0.331 e. The highest BCUT2D eigenvalue weighted by Crippen LogP contribution is 2.53. The van der Waals surface area contributed by atoms with Crippen LogP contribution in [0.4, 0.5) is 35.1 Å². The SMILES string of the molecule is CCCCCCCCCCCC(F)(F)C(F)(F)C(F)(F)C(O)(F)F. The Morgan fingerprint density at radius 3 is 1.33 bits per heavy atom. The zero-order chi connectivity index (χ0) is 19.1. The van der Waals surface area contributed by atoms with Crippen LogP contribution in [0.5, 0.6) is 0 Å². The summed E-state index contributed by atoms with van der Waals surface area (Å²) < 4.78 is 102. The Bertz CT molecular complexity index is 352. The van der Waals surface area contributed by atoms with Gasteiger partial charge in [-0.2, -0.15) is 35.1 Å². The minimum atomic E-state index is -6.55.